The number of aliphatic carboxylic acids is 1. The maximum Gasteiger partial charge on any atom is 0.337 e. The Bertz CT molecular complexity index is 561. The molecule has 1 amide bonds. The number of carboxylic acids is 1. The van der Waals surface area contributed by atoms with E-state index in [1.807, 2.05) is 0 Å². The molecule has 1 aromatic carbocycles. The van der Waals surface area contributed by atoms with E-state index >= 15 is 0 Å². The molecule has 1 rings (SSSR count). The number of carbonyl (C=O) groups excluding carboxylic acids is 2. The quantitative estimate of drug-likeness (QED) is 0.667. The van der Waals surface area contributed by atoms with Gasteiger partial charge in [0.2, 0.25) is 5.91 Å². The topological polar surface area (TPSA) is 119 Å². The largest absolute Gasteiger partial charge is 0.481 e. The molecule has 21 heavy (non-hydrogen) atoms. The van der Waals surface area contributed by atoms with Crippen LogP contribution < -0.4 is 11.1 Å². The number of nitrogens with one attached hydrogen (secondary N) is 1. The molecule has 1 unspecified atom stereocenters. The Morgan fingerprint density at radius 2 is 2.10 bits per heavy atom. The van der Waals surface area contributed by atoms with Gasteiger partial charge in [-0.05, 0) is 24.6 Å². The molecule has 0 saturated heterocycles. The highest BCUT2D eigenvalue weighted by Gasteiger charge is 2.17. The van der Waals surface area contributed by atoms with Gasteiger partial charge in [-0.2, -0.15) is 0 Å². The van der Waals surface area contributed by atoms with Crippen LogP contribution in [0.25, 0.3) is 0 Å². The van der Waals surface area contributed by atoms with Crippen molar-refractivity contribution in [3.8, 4) is 0 Å². The van der Waals surface area contributed by atoms with Crippen LogP contribution in [-0.2, 0) is 14.3 Å². The van der Waals surface area contributed by atoms with Crippen molar-refractivity contribution < 1.29 is 28.6 Å². The summed E-state index contributed by atoms with van der Waals surface area (Å²) in [6.45, 7) is 0. The number of hydrogen-bond acceptors (Lipinski definition) is 5. The maximum atomic E-state index is 13.6. The molecule has 114 valence electrons. The Kier molecular flexibility index (Phi) is 5.79. The molecule has 0 bridgehead atoms. The molecule has 0 radical (unpaired) electrons. The summed E-state index contributed by atoms with van der Waals surface area (Å²) in [4.78, 5) is 33.4. The fourth-order valence-electron chi connectivity index (χ4n) is 1.50. The number of nitrogens with two attached hydrogens (primary N) is 1. The van der Waals surface area contributed by atoms with Gasteiger partial charge in [-0.15, -0.1) is 0 Å². The second-order valence-electron chi connectivity index (χ2n) is 4.21. The Morgan fingerprint density at radius 3 is 2.67 bits per heavy atom. The van der Waals surface area contributed by atoms with Crippen molar-refractivity contribution in [2.45, 2.75) is 18.9 Å². The second-order valence-corrected chi connectivity index (χ2v) is 4.21. The Morgan fingerprint density at radius 1 is 1.43 bits per heavy atom. The van der Waals surface area contributed by atoms with Crippen LogP contribution in [0.15, 0.2) is 18.2 Å². The molecule has 0 spiro atoms. The first kappa shape index (κ1) is 16.6. The molecule has 8 heteroatoms. The van der Waals surface area contributed by atoms with Crippen molar-refractivity contribution in [3.05, 3.63) is 29.6 Å². The first-order valence-electron chi connectivity index (χ1n) is 6.01. The van der Waals surface area contributed by atoms with Crippen LogP contribution in [0.1, 0.15) is 23.2 Å². The number of halogens is 1. The summed E-state index contributed by atoms with van der Waals surface area (Å²) in [5, 5.41) is 10.7. The fraction of sp³-hybridized carbons (Fsp3) is 0.308. The van der Waals surface area contributed by atoms with Gasteiger partial charge in [-0.25, -0.2) is 9.18 Å². The van der Waals surface area contributed by atoms with Crippen LogP contribution in [0.4, 0.5) is 10.1 Å². The fourth-order valence-corrected chi connectivity index (χ4v) is 1.50. The summed E-state index contributed by atoms with van der Waals surface area (Å²) in [5.41, 5.74) is 5.33. The number of amides is 1. The molecule has 0 aliphatic heterocycles. The summed E-state index contributed by atoms with van der Waals surface area (Å²) in [6, 6.07) is 2.23. The van der Waals surface area contributed by atoms with Gasteiger partial charge in [0.05, 0.1) is 24.4 Å². The molecule has 0 aromatic heterocycles. The van der Waals surface area contributed by atoms with Crippen LogP contribution in [-0.4, -0.2) is 36.1 Å². The monoisotopic (exact) mass is 298 g/mol. The van der Waals surface area contributed by atoms with E-state index in [0.29, 0.717) is 0 Å². The molecule has 0 aliphatic rings. The third-order valence-corrected chi connectivity index (χ3v) is 2.65. The van der Waals surface area contributed by atoms with E-state index in [1.165, 1.54) is 13.2 Å². The van der Waals surface area contributed by atoms with Crippen molar-refractivity contribution in [1.29, 1.82) is 0 Å². The minimum atomic E-state index is -1.10. The maximum absolute atomic E-state index is 13.6. The van der Waals surface area contributed by atoms with E-state index in [0.717, 1.165) is 12.1 Å². The van der Waals surface area contributed by atoms with Gasteiger partial charge in [0.25, 0.3) is 0 Å². The zero-order valence-electron chi connectivity index (χ0n) is 11.3. The van der Waals surface area contributed by atoms with Crippen molar-refractivity contribution in [2.24, 2.45) is 5.73 Å². The summed E-state index contributed by atoms with van der Waals surface area (Å²) >= 11 is 0. The van der Waals surface area contributed by atoms with E-state index < -0.39 is 29.7 Å². The smallest absolute Gasteiger partial charge is 0.337 e. The highest BCUT2D eigenvalue weighted by Crippen LogP contribution is 2.17. The summed E-state index contributed by atoms with van der Waals surface area (Å²) < 4.78 is 18.1. The molecular formula is C13H15FN2O5. The number of carbonyl (C=O) groups is 3. The van der Waals surface area contributed by atoms with Gasteiger partial charge in [-0.3, -0.25) is 9.59 Å². The zero-order valence-corrected chi connectivity index (χ0v) is 11.3. The molecule has 0 saturated carbocycles. The lowest BCUT2D eigenvalue weighted by Gasteiger charge is -2.12. The van der Waals surface area contributed by atoms with E-state index in [1.54, 1.807) is 0 Å². The van der Waals surface area contributed by atoms with E-state index in [2.05, 4.69) is 10.1 Å². The number of esters is 1. The molecule has 7 nitrogen and oxygen atoms in total. The van der Waals surface area contributed by atoms with Crippen LogP contribution in [0, 0.1) is 5.82 Å². The average Bonchev–Trinajstić information content (AvgIpc) is 2.45. The Labute approximate surface area is 119 Å². The summed E-state index contributed by atoms with van der Waals surface area (Å²) in [6.07, 6.45) is -0.362. The van der Waals surface area contributed by atoms with Crippen molar-refractivity contribution in [1.82, 2.24) is 0 Å². The van der Waals surface area contributed by atoms with E-state index in [4.69, 9.17) is 10.8 Å². The van der Waals surface area contributed by atoms with Crippen molar-refractivity contribution >= 4 is 23.5 Å². The van der Waals surface area contributed by atoms with E-state index in [-0.39, 0.29) is 24.1 Å². The number of anilines is 1. The zero-order chi connectivity index (χ0) is 16.0. The van der Waals surface area contributed by atoms with E-state index in [9.17, 15) is 18.8 Å². The minimum Gasteiger partial charge on any atom is -0.481 e. The third-order valence-electron chi connectivity index (χ3n) is 2.65. The van der Waals surface area contributed by atoms with Gasteiger partial charge in [0.1, 0.15) is 5.82 Å². The SMILES string of the molecule is COC(=O)c1ccc(F)c(NC(=O)C(N)CCC(=O)O)c1. The van der Waals surface area contributed by atoms with Crippen molar-refractivity contribution in [2.75, 3.05) is 12.4 Å². The van der Waals surface area contributed by atoms with Crippen molar-refractivity contribution in [3.63, 3.8) is 0 Å². The predicted octanol–water partition coefficient (Wildman–Crippen LogP) is 0.743. The molecule has 1 aromatic rings. The summed E-state index contributed by atoms with van der Waals surface area (Å²) in [7, 11) is 1.17. The highest BCUT2D eigenvalue weighted by atomic mass is 19.1. The number of methoxy groups -OCH3 is 1. The molecule has 0 heterocycles. The molecular weight excluding hydrogens is 283 g/mol. The number of carboxylic acid groups (broad SMARTS) is 1. The molecule has 4 N–H and O–H groups in total. The predicted molar refractivity (Wildman–Crippen MR) is 71.2 cm³/mol. The first-order chi connectivity index (χ1) is 9.85. The van der Waals surface area contributed by atoms with Gasteiger partial charge in [0.15, 0.2) is 0 Å². The number of rotatable bonds is 6. The second kappa shape index (κ2) is 7.34. The van der Waals surface area contributed by atoms with Gasteiger partial charge in [0, 0.05) is 6.42 Å². The van der Waals surface area contributed by atoms with Crippen LogP contribution in [0.2, 0.25) is 0 Å². The first-order valence-corrected chi connectivity index (χ1v) is 6.01. The lowest BCUT2D eigenvalue weighted by atomic mass is 10.1. The molecule has 0 aliphatic carbocycles. The van der Waals surface area contributed by atoms with Crippen LogP contribution >= 0.6 is 0 Å². The number of ether oxygens (including phenoxy) is 1. The number of hydrogen-bond donors (Lipinski definition) is 3. The standard InChI is InChI=1S/C13H15FN2O5/c1-21-13(20)7-2-3-8(14)10(6-7)16-12(19)9(15)4-5-11(17)18/h2-3,6,9H,4-5,15H2,1H3,(H,16,19)(H,17,18). The van der Waals surface area contributed by atoms with Gasteiger partial charge < -0.3 is 20.9 Å². The normalized spacial score (nSPS) is 11.6. The van der Waals surface area contributed by atoms with Crippen LogP contribution in [0.3, 0.4) is 0 Å². The van der Waals surface area contributed by atoms with Gasteiger partial charge >= 0.3 is 11.9 Å². The summed E-state index contributed by atoms with van der Waals surface area (Å²) in [5.74, 6) is -3.25. The lowest BCUT2D eigenvalue weighted by molar-refractivity contribution is -0.137. The Hall–Kier alpha value is -2.48. The van der Waals surface area contributed by atoms with Crippen LogP contribution in [0.5, 0.6) is 0 Å². The average molecular weight is 298 g/mol. The highest BCUT2D eigenvalue weighted by molar-refractivity contribution is 5.97. The minimum absolute atomic E-state index is 0.0632. The molecule has 0 fully saturated rings. The lowest BCUT2D eigenvalue weighted by Crippen LogP contribution is -2.36. The van der Waals surface area contributed by atoms with Gasteiger partial charge in [-0.1, -0.05) is 0 Å². The third kappa shape index (κ3) is 4.84. The Balaban J connectivity index is 2.79. The molecule has 1 atom stereocenters. The number of benzene rings is 1.